The Bertz CT molecular complexity index is 1170. The average Bonchev–Trinajstić information content (AvgIpc) is 2.75. The zero-order chi connectivity index (χ0) is 20.2. The van der Waals surface area contributed by atoms with E-state index < -0.39 is 0 Å². The summed E-state index contributed by atoms with van der Waals surface area (Å²) in [7, 11) is 0. The minimum absolute atomic E-state index is 0.259. The van der Waals surface area contributed by atoms with Crippen molar-refractivity contribution in [3.05, 3.63) is 90.4 Å². The smallest absolute Gasteiger partial charge is 0.274 e. The summed E-state index contributed by atoms with van der Waals surface area (Å²) < 4.78 is 0. The number of aryl methyl sites for hydroxylation is 1. The van der Waals surface area contributed by atoms with Gasteiger partial charge in [0.1, 0.15) is 5.69 Å². The predicted molar refractivity (Wildman–Crippen MR) is 118 cm³/mol. The number of carbonyl (C=O) groups excluding carboxylic acids is 1. The predicted octanol–water partition coefficient (Wildman–Crippen LogP) is 5.35. The number of aromatic nitrogens is 2. The molecule has 0 aliphatic carbocycles. The van der Waals surface area contributed by atoms with Gasteiger partial charge >= 0.3 is 0 Å². The van der Waals surface area contributed by atoms with Crippen LogP contribution in [0.2, 0.25) is 0 Å². The summed E-state index contributed by atoms with van der Waals surface area (Å²) in [6.07, 6.45) is 3.39. The van der Waals surface area contributed by atoms with Gasteiger partial charge < -0.3 is 10.2 Å². The van der Waals surface area contributed by atoms with E-state index in [1.165, 1.54) is 5.56 Å². The molecule has 0 radical (unpaired) electrons. The molecule has 0 bridgehead atoms. The lowest BCUT2D eigenvalue weighted by atomic mass is 10.1. The third-order valence-corrected chi connectivity index (χ3v) is 4.80. The average molecular weight is 382 g/mol. The van der Waals surface area contributed by atoms with Crippen LogP contribution in [0.25, 0.3) is 10.9 Å². The van der Waals surface area contributed by atoms with Crippen molar-refractivity contribution in [2.45, 2.75) is 13.8 Å². The van der Waals surface area contributed by atoms with Crippen molar-refractivity contribution in [2.24, 2.45) is 0 Å². The number of fused-ring (bicyclic) bond motifs is 1. The lowest BCUT2D eigenvalue weighted by Crippen LogP contribution is -2.18. The molecule has 2 aromatic heterocycles. The Hall–Kier alpha value is -3.73. The first kappa shape index (κ1) is 18.6. The molecule has 0 saturated heterocycles. The van der Waals surface area contributed by atoms with Gasteiger partial charge in [-0.3, -0.25) is 14.8 Å². The Morgan fingerprint density at radius 2 is 1.72 bits per heavy atom. The molecule has 2 aromatic carbocycles. The number of anilines is 3. The maximum atomic E-state index is 12.9. The molecule has 0 fully saturated rings. The van der Waals surface area contributed by atoms with Gasteiger partial charge in [-0.25, -0.2) is 0 Å². The van der Waals surface area contributed by atoms with Gasteiger partial charge in [-0.2, -0.15) is 0 Å². The normalized spacial score (nSPS) is 10.7. The molecule has 5 heteroatoms. The van der Waals surface area contributed by atoms with E-state index in [2.05, 4.69) is 52.2 Å². The van der Waals surface area contributed by atoms with Crippen molar-refractivity contribution in [2.75, 3.05) is 16.8 Å². The summed E-state index contributed by atoms with van der Waals surface area (Å²) in [4.78, 5) is 23.7. The fourth-order valence-corrected chi connectivity index (χ4v) is 3.41. The summed E-state index contributed by atoms with van der Waals surface area (Å²) >= 11 is 0. The third-order valence-electron chi connectivity index (χ3n) is 4.80. The van der Waals surface area contributed by atoms with Crippen LogP contribution < -0.4 is 10.2 Å². The van der Waals surface area contributed by atoms with Crippen LogP contribution in [0.15, 0.2) is 79.1 Å². The van der Waals surface area contributed by atoms with Crippen molar-refractivity contribution < 1.29 is 4.79 Å². The van der Waals surface area contributed by atoms with Crippen molar-refractivity contribution >= 4 is 33.9 Å². The molecule has 0 aliphatic rings. The van der Waals surface area contributed by atoms with Crippen LogP contribution in [0.1, 0.15) is 23.0 Å². The molecule has 4 aromatic rings. The van der Waals surface area contributed by atoms with Gasteiger partial charge in [-0.1, -0.05) is 30.3 Å². The van der Waals surface area contributed by atoms with Crippen molar-refractivity contribution in [1.29, 1.82) is 0 Å². The van der Waals surface area contributed by atoms with Gasteiger partial charge in [0, 0.05) is 35.7 Å². The highest BCUT2D eigenvalue weighted by atomic mass is 16.1. The van der Waals surface area contributed by atoms with Gasteiger partial charge in [0.05, 0.1) is 11.2 Å². The molecule has 0 atom stereocenters. The van der Waals surface area contributed by atoms with Crippen LogP contribution >= 0.6 is 0 Å². The van der Waals surface area contributed by atoms with E-state index in [9.17, 15) is 4.79 Å². The van der Waals surface area contributed by atoms with E-state index in [0.717, 1.165) is 28.8 Å². The number of pyridine rings is 2. The van der Waals surface area contributed by atoms with Crippen LogP contribution in [0.3, 0.4) is 0 Å². The second-order valence-corrected chi connectivity index (χ2v) is 6.82. The second kappa shape index (κ2) is 8.10. The molecular formula is C24H22N4O. The fourth-order valence-electron chi connectivity index (χ4n) is 3.41. The summed E-state index contributed by atoms with van der Waals surface area (Å²) in [5, 5.41) is 3.93. The van der Waals surface area contributed by atoms with E-state index in [0.29, 0.717) is 11.4 Å². The lowest BCUT2D eigenvalue weighted by Gasteiger charge is -2.24. The van der Waals surface area contributed by atoms with Crippen LogP contribution in [-0.2, 0) is 0 Å². The number of rotatable bonds is 5. The monoisotopic (exact) mass is 382 g/mol. The number of nitrogens with one attached hydrogen (secondary N) is 1. The van der Waals surface area contributed by atoms with Crippen LogP contribution in [0.5, 0.6) is 0 Å². The van der Waals surface area contributed by atoms with Crippen molar-refractivity contribution in [3.8, 4) is 0 Å². The summed E-state index contributed by atoms with van der Waals surface area (Å²) in [6.45, 7) is 4.94. The molecule has 0 saturated carbocycles. The summed E-state index contributed by atoms with van der Waals surface area (Å²) in [6, 6.07) is 21.6. The fraction of sp³-hybridized carbons (Fsp3) is 0.125. The molecule has 5 nitrogen and oxygen atoms in total. The van der Waals surface area contributed by atoms with Gasteiger partial charge in [-0.15, -0.1) is 0 Å². The quantitative estimate of drug-likeness (QED) is 0.506. The van der Waals surface area contributed by atoms with E-state index in [1.807, 2.05) is 48.5 Å². The molecule has 2 heterocycles. The molecule has 0 aliphatic heterocycles. The molecule has 4 rings (SSSR count). The maximum Gasteiger partial charge on any atom is 0.274 e. The Labute approximate surface area is 170 Å². The number of nitrogens with zero attached hydrogens (tertiary/aromatic N) is 3. The first-order valence-electron chi connectivity index (χ1n) is 9.61. The Morgan fingerprint density at radius 1 is 0.931 bits per heavy atom. The lowest BCUT2D eigenvalue weighted by molar-refractivity contribution is 0.102. The Kier molecular flexibility index (Phi) is 5.20. The first-order valence-corrected chi connectivity index (χ1v) is 9.61. The standard InChI is InChI=1S/C24H22N4O/c1-3-28(19-10-4-7-17(2)15-19)20-12-14-25-22(16-20)24(29)27-21-11-5-8-18-9-6-13-26-23(18)21/h4-16H,3H2,1-2H3,(H,27,29). The van der Waals surface area contributed by atoms with Crippen LogP contribution in [0, 0.1) is 6.92 Å². The minimum Gasteiger partial charge on any atom is -0.342 e. The highest BCUT2D eigenvalue weighted by Gasteiger charge is 2.14. The van der Waals surface area contributed by atoms with Crippen molar-refractivity contribution in [3.63, 3.8) is 0 Å². The zero-order valence-electron chi connectivity index (χ0n) is 16.5. The Balaban J connectivity index is 1.63. The van der Waals surface area contributed by atoms with E-state index in [-0.39, 0.29) is 5.91 Å². The minimum atomic E-state index is -0.259. The molecular weight excluding hydrogens is 360 g/mol. The number of benzene rings is 2. The van der Waals surface area contributed by atoms with Crippen LogP contribution in [-0.4, -0.2) is 22.4 Å². The highest BCUT2D eigenvalue weighted by molar-refractivity contribution is 6.07. The third kappa shape index (κ3) is 3.94. The number of hydrogen-bond acceptors (Lipinski definition) is 4. The van der Waals surface area contributed by atoms with E-state index in [1.54, 1.807) is 12.4 Å². The zero-order valence-corrected chi connectivity index (χ0v) is 16.5. The number of para-hydroxylation sites is 1. The molecule has 0 unspecified atom stereocenters. The molecule has 29 heavy (non-hydrogen) atoms. The number of hydrogen-bond donors (Lipinski definition) is 1. The summed E-state index contributed by atoms with van der Waals surface area (Å²) in [5.41, 5.74) is 5.00. The SMILES string of the molecule is CCN(c1cccc(C)c1)c1ccnc(C(=O)Nc2cccc3cccnc23)c1. The van der Waals surface area contributed by atoms with Crippen LogP contribution in [0.4, 0.5) is 17.1 Å². The topological polar surface area (TPSA) is 58.1 Å². The summed E-state index contributed by atoms with van der Waals surface area (Å²) in [5.74, 6) is -0.259. The van der Waals surface area contributed by atoms with Gasteiger partial charge in [0.2, 0.25) is 0 Å². The number of amides is 1. The second-order valence-electron chi connectivity index (χ2n) is 6.82. The number of carbonyl (C=O) groups is 1. The van der Waals surface area contributed by atoms with Gasteiger partial charge in [-0.05, 0) is 55.8 Å². The largest absolute Gasteiger partial charge is 0.342 e. The first-order chi connectivity index (χ1) is 14.2. The maximum absolute atomic E-state index is 12.9. The van der Waals surface area contributed by atoms with Crippen molar-refractivity contribution in [1.82, 2.24) is 9.97 Å². The molecule has 0 spiro atoms. The van der Waals surface area contributed by atoms with E-state index in [4.69, 9.17) is 0 Å². The van der Waals surface area contributed by atoms with Gasteiger partial charge in [0.25, 0.3) is 5.91 Å². The van der Waals surface area contributed by atoms with Gasteiger partial charge in [0.15, 0.2) is 0 Å². The molecule has 1 amide bonds. The van der Waals surface area contributed by atoms with E-state index >= 15 is 0 Å². The molecule has 144 valence electrons. The highest BCUT2D eigenvalue weighted by Crippen LogP contribution is 2.26. The molecule has 1 N–H and O–H groups in total. The Morgan fingerprint density at radius 3 is 2.55 bits per heavy atom.